The van der Waals surface area contributed by atoms with Crippen molar-refractivity contribution in [1.82, 2.24) is 4.98 Å². The van der Waals surface area contributed by atoms with Gasteiger partial charge >= 0.3 is 0 Å². The molecule has 2 heterocycles. The minimum Gasteiger partial charge on any atom is -0.370 e. The lowest BCUT2D eigenvalue weighted by Gasteiger charge is -2.33. The van der Waals surface area contributed by atoms with Crippen LogP contribution >= 0.6 is 11.6 Å². The normalized spacial score (nSPS) is 14.8. The Morgan fingerprint density at radius 2 is 2.08 bits per heavy atom. The minimum absolute atomic E-state index is 0.0516. The fraction of sp³-hybridized carbons (Fsp3) is 0.278. The van der Waals surface area contributed by atoms with Crippen LogP contribution in [0.15, 0.2) is 36.5 Å². The van der Waals surface area contributed by atoms with Gasteiger partial charge in [0.05, 0.1) is 10.7 Å². The summed E-state index contributed by atoms with van der Waals surface area (Å²) in [7, 11) is 0. The molecule has 0 unspecified atom stereocenters. The van der Waals surface area contributed by atoms with Crippen LogP contribution in [0.3, 0.4) is 0 Å². The number of nitriles is 1. The molecule has 7 heteroatoms. The average molecular weight is 359 g/mol. The van der Waals surface area contributed by atoms with E-state index in [0.29, 0.717) is 42.5 Å². The number of carbonyl (C=O) groups is 1. The Kier molecular flexibility index (Phi) is 5.15. The molecule has 0 bridgehead atoms. The third-order valence-electron chi connectivity index (χ3n) is 4.29. The molecule has 1 amide bonds. The maximum atomic E-state index is 13.8. The first kappa shape index (κ1) is 17.2. The maximum absolute atomic E-state index is 13.8. The van der Waals surface area contributed by atoms with Gasteiger partial charge in [-0.2, -0.15) is 5.26 Å². The van der Waals surface area contributed by atoms with Crippen molar-refractivity contribution in [2.24, 2.45) is 5.92 Å². The van der Waals surface area contributed by atoms with Crippen molar-refractivity contribution in [2.45, 2.75) is 12.8 Å². The second kappa shape index (κ2) is 7.49. The summed E-state index contributed by atoms with van der Waals surface area (Å²) >= 11 is 5.78. The number of aromatic nitrogens is 1. The fourth-order valence-corrected chi connectivity index (χ4v) is 3.06. The molecule has 1 aromatic heterocycles. The lowest BCUT2D eigenvalue weighted by Crippen LogP contribution is -2.38. The number of hydrogen-bond acceptors (Lipinski definition) is 4. The second-order valence-corrected chi connectivity index (χ2v) is 6.29. The van der Waals surface area contributed by atoms with Crippen LogP contribution in [0.4, 0.5) is 15.9 Å². The van der Waals surface area contributed by atoms with Crippen molar-refractivity contribution in [1.29, 1.82) is 5.26 Å². The van der Waals surface area contributed by atoms with Crippen molar-refractivity contribution < 1.29 is 9.18 Å². The van der Waals surface area contributed by atoms with E-state index in [-0.39, 0.29) is 17.4 Å². The van der Waals surface area contributed by atoms with Gasteiger partial charge < -0.3 is 10.2 Å². The molecular formula is C18H16ClFN4O. The lowest BCUT2D eigenvalue weighted by molar-refractivity contribution is -0.120. The number of benzene rings is 1. The molecule has 0 spiro atoms. The average Bonchev–Trinajstić information content (AvgIpc) is 2.63. The molecule has 1 aliphatic rings. The molecule has 2 aromatic rings. The number of halogens is 2. The van der Waals surface area contributed by atoms with Crippen LogP contribution in [0.1, 0.15) is 18.4 Å². The summed E-state index contributed by atoms with van der Waals surface area (Å²) in [5, 5.41) is 12.5. The Labute approximate surface area is 150 Å². The monoisotopic (exact) mass is 358 g/mol. The Morgan fingerprint density at radius 3 is 2.72 bits per heavy atom. The van der Waals surface area contributed by atoms with Gasteiger partial charge in [0.15, 0.2) is 0 Å². The van der Waals surface area contributed by atoms with Crippen molar-refractivity contribution >= 4 is 29.0 Å². The largest absolute Gasteiger partial charge is 0.370 e. The zero-order chi connectivity index (χ0) is 17.8. The van der Waals surface area contributed by atoms with Gasteiger partial charge in [-0.05, 0) is 37.1 Å². The molecule has 3 rings (SSSR count). The van der Waals surface area contributed by atoms with Crippen LogP contribution in [0.5, 0.6) is 0 Å². The smallest absolute Gasteiger partial charge is 0.228 e. The summed E-state index contributed by atoms with van der Waals surface area (Å²) < 4.78 is 13.8. The van der Waals surface area contributed by atoms with E-state index < -0.39 is 5.82 Å². The Hall–Kier alpha value is -2.65. The zero-order valence-electron chi connectivity index (χ0n) is 13.4. The number of carbonyl (C=O) groups excluding carboxylic acids is 1. The summed E-state index contributed by atoms with van der Waals surface area (Å²) in [6.45, 7) is 1.18. The highest BCUT2D eigenvalue weighted by atomic mass is 35.5. The number of anilines is 2. The summed E-state index contributed by atoms with van der Waals surface area (Å²) in [5.74, 6) is -0.288. The fourth-order valence-electron chi connectivity index (χ4n) is 2.95. The van der Waals surface area contributed by atoms with Gasteiger partial charge in [-0.1, -0.05) is 17.7 Å². The molecule has 0 atom stereocenters. The molecule has 128 valence electrons. The van der Waals surface area contributed by atoms with Crippen molar-refractivity contribution in [2.75, 3.05) is 23.3 Å². The van der Waals surface area contributed by atoms with E-state index >= 15 is 0 Å². The Bertz CT molecular complexity index is 811. The van der Waals surface area contributed by atoms with Gasteiger partial charge in [0.2, 0.25) is 5.91 Å². The van der Waals surface area contributed by atoms with Crippen molar-refractivity contribution in [3.63, 3.8) is 0 Å². The van der Waals surface area contributed by atoms with Crippen LogP contribution < -0.4 is 10.2 Å². The van der Waals surface area contributed by atoms with E-state index in [0.717, 1.165) is 0 Å². The topological polar surface area (TPSA) is 69.0 Å². The van der Waals surface area contributed by atoms with Gasteiger partial charge in [0.25, 0.3) is 0 Å². The molecule has 0 radical (unpaired) electrons. The van der Waals surface area contributed by atoms with E-state index in [4.69, 9.17) is 16.9 Å². The summed E-state index contributed by atoms with van der Waals surface area (Å²) in [5.41, 5.74) is 0.636. The highest BCUT2D eigenvalue weighted by Gasteiger charge is 2.27. The Balaban J connectivity index is 1.62. The van der Waals surface area contributed by atoms with E-state index in [1.807, 2.05) is 11.0 Å². The van der Waals surface area contributed by atoms with Gasteiger partial charge in [-0.15, -0.1) is 0 Å². The molecule has 1 fully saturated rings. The minimum atomic E-state index is -0.520. The molecule has 1 aliphatic heterocycles. The molecule has 1 N–H and O–H groups in total. The summed E-state index contributed by atoms with van der Waals surface area (Å²) in [6, 6.07) is 9.85. The quantitative estimate of drug-likeness (QED) is 0.910. The number of amides is 1. The predicted molar refractivity (Wildman–Crippen MR) is 93.9 cm³/mol. The van der Waals surface area contributed by atoms with Crippen LogP contribution in [0.2, 0.25) is 5.02 Å². The first-order valence-electron chi connectivity index (χ1n) is 7.94. The number of nitrogens with zero attached hydrogens (tertiary/aromatic N) is 3. The molecule has 5 nitrogen and oxygen atoms in total. The van der Waals surface area contributed by atoms with Gasteiger partial charge in [0, 0.05) is 25.2 Å². The molecule has 0 saturated carbocycles. The van der Waals surface area contributed by atoms with Gasteiger partial charge in [0.1, 0.15) is 23.3 Å². The van der Waals surface area contributed by atoms with Crippen LogP contribution in [0, 0.1) is 23.1 Å². The third-order valence-corrected chi connectivity index (χ3v) is 4.51. The van der Waals surface area contributed by atoms with Gasteiger partial charge in [-0.3, -0.25) is 4.79 Å². The molecule has 0 aliphatic carbocycles. The summed E-state index contributed by atoms with van der Waals surface area (Å²) in [6.07, 6.45) is 2.73. The van der Waals surface area contributed by atoms with Crippen LogP contribution in [-0.2, 0) is 4.79 Å². The molecular weight excluding hydrogens is 343 g/mol. The number of hydrogen-bond donors (Lipinski definition) is 1. The number of piperidine rings is 1. The Morgan fingerprint density at radius 1 is 1.32 bits per heavy atom. The predicted octanol–water partition coefficient (Wildman–Crippen LogP) is 3.60. The van der Waals surface area contributed by atoms with Gasteiger partial charge in [-0.25, -0.2) is 9.37 Å². The number of pyridine rings is 1. The SMILES string of the molecule is N#Cc1c(F)cccc1N1CCC(C(=O)Nc2ccc(Cl)cn2)CC1. The van der Waals surface area contributed by atoms with E-state index in [1.54, 1.807) is 24.3 Å². The number of nitrogens with one attached hydrogen (secondary N) is 1. The van der Waals surface area contributed by atoms with Crippen molar-refractivity contribution in [3.8, 4) is 6.07 Å². The van der Waals surface area contributed by atoms with E-state index in [2.05, 4.69) is 10.3 Å². The van der Waals surface area contributed by atoms with E-state index in [1.165, 1.54) is 12.3 Å². The van der Waals surface area contributed by atoms with Crippen LogP contribution in [0.25, 0.3) is 0 Å². The van der Waals surface area contributed by atoms with E-state index in [9.17, 15) is 9.18 Å². The highest BCUT2D eigenvalue weighted by molar-refractivity contribution is 6.30. The molecule has 1 saturated heterocycles. The highest BCUT2D eigenvalue weighted by Crippen LogP contribution is 2.28. The number of rotatable bonds is 3. The second-order valence-electron chi connectivity index (χ2n) is 5.86. The van der Waals surface area contributed by atoms with Crippen LogP contribution in [-0.4, -0.2) is 24.0 Å². The zero-order valence-corrected chi connectivity index (χ0v) is 14.1. The lowest BCUT2D eigenvalue weighted by atomic mass is 9.95. The first-order chi connectivity index (χ1) is 12.1. The first-order valence-corrected chi connectivity index (χ1v) is 8.32. The standard InChI is InChI=1S/C18H16ClFN4O/c19-13-4-5-17(22-11-13)23-18(25)12-6-8-24(9-7-12)16-3-1-2-15(20)14(16)10-21/h1-5,11-12H,6-9H2,(H,22,23,25). The summed E-state index contributed by atoms with van der Waals surface area (Å²) in [4.78, 5) is 18.4. The maximum Gasteiger partial charge on any atom is 0.228 e. The third kappa shape index (κ3) is 3.89. The molecule has 1 aromatic carbocycles. The molecule has 25 heavy (non-hydrogen) atoms. The van der Waals surface area contributed by atoms with Crippen molar-refractivity contribution in [3.05, 3.63) is 52.9 Å².